The molecule has 21 heavy (non-hydrogen) atoms. The number of fused-ring (bicyclic) bond motifs is 2. The molecule has 0 N–H and O–H groups in total. The molecule has 1 saturated heterocycles. The molecule has 2 unspecified atom stereocenters. The Hall–Kier alpha value is -1.84. The average Bonchev–Trinajstić information content (AvgIpc) is 3.13. The van der Waals surface area contributed by atoms with E-state index < -0.39 is 0 Å². The molecule has 1 saturated carbocycles. The topological polar surface area (TPSA) is 40.6 Å². The zero-order valence-electron chi connectivity index (χ0n) is 12.1. The van der Waals surface area contributed by atoms with Crippen molar-refractivity contribution in [2.24, 2.45) is 11.8 Å². The van der Waals surface area contributed by atoms with Crippen LogP contribution in [0.15, 0.2) is 24.3 Å². The first-order valence-electron chi connectivity index (χ1n) is 7.87. The minimum Gasteiger partial charge on any atom is -0.341 e. The fraction of sp³-hybridized carbons (Fsp3) is 0.529. The number of rotatable bonds is 2. The Morgan fingerprint density at radius 1 is 1.14 bits per heavy atom. The van der Waals surface area contributed by atoms with Gasteiger partial charge in [0.25, 0.3) is 5.91 Å². The van der Waals surface area contributed by atoms with E-state index in [1.807, 2.05) is 29.2 Å². The van der Waals surface area contributed by atoms with E-state index in [2.05, 4.69) is 0 Å². The molecule has 2 heterocycles. The van der Waals surface area contributed by atoms with Crippen molar-refractivity contribution >= 4 is 11.8 Å². The highest BCUT2D eigenvalue weighted by Gasteiger charge is 2.39. The zero-order chi connectivity index (χ0) is 14.4. The summed E-state index contributed by atoms with van der Waals surface area (Å²) in [7, 11) is 0. The van der Waals surface area contributed by atoms with Gasteiger partial charge in [-0.3, -0.25) is 9.59 Å². The van der Waals surface area contributed by atoms with Crippen molar-refractivity contribution in [3.63, 3.8) is 0 Å². The first kappa shape index (κ1) is 12.9. The molecule has 2 atom stereocenters. The van der Waals surface area contributed by atoms with Crippen LogP contribution in [0.2, 0.25) is 0 Å². The van der Waals surface area contributed by atoms with E-state index in [9.17, 15) is 9.59 Å². The number of benzene rings is 1. The quantitative estimate of drug-likeness (QED) is 0.832. The van der Waals surface area contributed by atoms with Crippen LogP contribution < -0.4 is 0 Å². The van der Waals surface area contributed by atoms with Crippen LogP contribution in [0, 0.1) is 11.8 Å². The van der Waals surface area contributed by atoms with Crippen LogP contribution in [-0.4, -0.2) is 41.2 Å². The molecule has 2 aliphatic heterocycles. The largest absolute Gasteiger partial charge is 0.341 e. The van der Waals surface area contributed by atoms with Crippen molar-refractivity contribution in [3.8, 4) is 0 Å². The smallest absolute Gasteiger partial charge is 0.254 e. The van der Waals surface area contributed by atoms with Crippen molar-refractivity contribution in [1.29, 1.82) is 0 Å². The van der Waals surface area contributed by atoms with Crippen molar-refractivity contribution in [2.45, 2.75) is 25.8 Å². The number of hydrogen-bond donors (Lipinski definition) is 0. The van der Waals surface area contributed by atoms with Crippen LogP contribution in [0.4, 0.5) is 0 Å². The number of carbonyl (C=O) groups excluding carboxylic acids is 2. The van der Waals surface area contributed by atoms with Crippen LogP contribution in [0.5, 0.6) is 0 Å². The molecular formula is C17H20N2O2. The molecule has 2 amide bonds. The lowest BCUT2D eigenvalue weighted by Crippen LogP contribution is -2.39. The van der Waals surface area contributed by atoms with Gasteiger partial charge in [-0.25, -0.2) is 0 Å². The molecule has 4 heteroatoms. The van der Waals surface area contributed by atoms with Crippen molar-refractivity contribution in [1.82, 2.24) is 9.80 Å². The molecule has 4 nitrogen and oxygen atoms in total. The predicted molar refractivity (Wildman–Crippen MR) is 78.6 cm³/mol. The first-order chi connectivity index (χ1) is 10.2. The van der Waals surface area contributed by atoms with E-state index in [-0.39, 0.29) is 18.4 Å². The van der Waals surface area contributed by atoms with Gasteiger partial charge in [0.1, 0.15) is 6.54 Å². The molecule has 0 aromatic heterocycles. The molecule has 0 radical (unpaired) electrons. The molecule has 3 aliphatic rings. The van der Waals surface area contributed by atoms with Crippen LogP contribution in [0.1, 0.15) is 35.2 Å². The van der Waals surface area contributed by atoms with Crippen LogP contribution in [-0.2, 0) is 11.3 Å². The van der Waals surface area contributed by atoms with E-state index in [0.717, 1.165) is 24.2 Å². The maximum absolute atomic E-state index is 12.5. The van der Waals surface area contributed by atoms with E-state index in [0.29, 0.717) is 18.4 Å². The Bertz CT molecular complexity index is 586. The molecule has 1 aromatic carbocycles. The van der Waals surface area contributed by atoms with Crippen LogP contribution in [0.3, 0.4) is 0 Å². The minimum absolute atomic E-state index is 0.00154. The van der Waals surface area contributed by atoms with Gasteiger partial charge in [0.05, 0.1) is 0 Å². The lowest BCUT2D eigenvalue weighted by atomic mass is 10.0. The second-order valence-electron chi connectivity index (χ2n) is 6.57. The maximum Gasteiger partial charge on any atom is 0.254 e. The van der Waals surface area contributed by atoms with Crippen molar-refractivity contribution < 1.29 is 9.59 Å². The number of hydrogen-bond acceptors (Lipinski definition) is 2. The van der Waals surface area contributed by atoms with Gasteiger partial charge < -0.3 is 9.80 Å². The summed E-state index contributed by atoms with van der Waals surface area (Å²) in [4.78, 5) is 28.4. The molecule has 110 valence electrons. The van der Waals surface area contributed by atoms with Gasteiger partial charge >= 0.3 is 0 Å². The minimum atomic E-state index is -0.00154. The van der Waals surface area contributed by atoms with E-state index in [4.69, 9.17) is 0 Å². The van der Waals surface area contributed by atoms with E-state index in [1.54, 1.807) is 4.90 Å². The summed E-state index contributed by atoms with van der Waals surface area (Å²) in [5, 5.41) is 0. The summed E-state index contributed by atoms with van der Waals surface area (Å²) in [6.45, 7) is 2.60. The van der Waals surface area contributed by atoms with Gasteiger partial charge in [0.2, 0.25) is 5.91 Å². The summed E-state index contributed by atoms with van der Waals surface area (Å²) in [6.07, 6.45) is 3.85. The van der Waals surface area contributed by atoms with Crippen molar-refractivity contribution in [2.75, 3.05) is 19.6 Å². The third kappa shape index (κ3) is 2.13. The van der Waals surface area contributed by atoms with Gasteiger partial charge in [-0.05, 0) is 36.3 Å². The average molecular weight is 284 g/mol. The molecule has 4 rings (SSSR count). The second kappa shape index (κ2) is 4.86. The molecular weight excluding hydrogens is 264 g/mol. The lowest BCUT2D eigenvalue weighted by Gasteiger charge is -2.21. The lowest BCUT2D eigenvalue weighted by molar-refractivity contribution is -0.131. The molecule has 1 aliphatic carbocycles. The highest BCUT2D eigenvalue weighted by molar-refractivity contribution is 6.00. The van der Waals surface area contributed by atoms with Gasteiger partial charge in [-0.15, -0.1) is 0 Å². The fourth-order valence-electron chi connectivity index (χ4n) is 4.14. The van der Waals surface area contributed by atoms with E-state index in [1.165, 1.54) is 19.3 Å². The molecule has 2 fully saturated rings. The third-order valence-electron chi connectivity index (χ3n) is 5.30. The molecule has 1 aromatic rings. The maximum atomic E-state index is 12.5. The summed E-state index contributed by atoms with van der Waals surface area (Å²) >= 11 is 0. The number of amides is 2. The van der Waals surface area contributed by atoms with Gasteiger partial charge in [-0.1, -0.05) is 24.6 Å². The first-order valence-corrected chi connectivity index (χ1v) is 7.87. The SMILES string of the molecule is O=C(CN1Cc2ccccc2C1=O)N1CC2CCCC2C1. The zero-order valence-corrected chi connectivity index (χ0v) is 12.1. The number of nitrogens with zero attached hydrogens (tertiary/aromatic N) is 2. The highest BCUT2D eigenvalue weighted by Crippen LogP contribution is 2.37. The summed E-state index contributed by atoms with van der Waals surface area (Å²) in [5.41, 5.74) is 1.79. The van der Waals surface area contributed by atoms with Crippen LogP contribution in [0.25, 0.3) is 0 Å². The number of carbonyl (C=O) groups is 2. The van der Waals surface area contributed by atoms with Crippen LogP contribution >= 0.6 is 0 Å². The molecule has 0 bridgehead atoms. The Labute approximate surface area is 124 Å². The van der Waals surface area contributed by atoms with Gasteiger partial charge in [0, 0.05) is 25.2 Å². The molecule has 0 spiro atoms. The normalized spacial score (nSPS) is 27.1. The Morgan fingerprint density at radius 3 is 2.57 bits per heavy atom. The highest BCUT2D eigenvalue weighted by atomic mass is 16.2. The van der Waals surface area contributed by atoms with Crippen molar-refractivity contribution in [3.05, 3.63) is 35.4 Å². The van der Waals surface area contributed by atoms with E-state index >= 15 is 0 Å². The summed E-state index contributed by atoms with van der Waals surface area (Å²) in [6, 6.07) is 7.64. The second-order valence-corrected chi connectivity index (χ2v) is 6.57. The van der Waals surface area contributed by atoms with Gasteiger partial charge in [-0.2, -0.15) is 0 Å². The Morgan fingerprint density at radius 2 is 1.86 bits per heavy atom. The number of likely N-dealkylation sites (tertiary alicyclic amines) is 1. The predicted octanol–water partition coefficient (Wildman–Crippen LogP) is 1.90. The fourth-order valence-corrected chi connectivity index (χ4v) is 4.14. The summed E-state index contributed by atoms with van der Waals surface area (Å²) in [5.74, 6) is 1.53. The monoisotopic (exact) mass is 284 g/mol. The van der Waals surface area contributed by atoms with Gasteiger partial charge in [0.15, 0.2) is 0 Å². The Balaban J connectivity index is 1.41. The third-order valence-corrected chi connectivity index (χ3v) is 5.30. The Kier molecular flexibility index (Phi) is 2.98. The summed E-state index contributed by atoms with van der Waals surface area (Å²) < 4.78 is 0. The standard InChI is InChI=1S/C17H20N2O2/c20-16(18-8-12-5-3-6-13(12)9-18)11-19-10-14-4-1-2-7-15(14)17(19)21/h1-2,4,7,12-13H,3,5-6,8-11H2.